The van der Waals surface area contributed by atoms with Crippen LogP contribution < -0.4 is 0 Å². The number of ether oxygens (including phenoxy) is 1. The van der Waals surface area contributed by atoms with Crippen LogP contribution in [0.15, 0.2) is 17.4 Å². The number of aliphatic hydroxyl groups is 2. The van der Waals surface area contributed by atoms with E-state index >= 15 is 0 Å². The van der Waals surface area contributed by atoms with Gasteiger partial charge in [0.1, 0.15) is 6.10 Å². The number of alkyl halides is 3. The van der Waals surface area contributed by atoms with Gasteiger partial charge in [-0.3, -0.25) is 4.98 Å². The summed E-state index contributed by atoms with van der Waals surface area (Å²) in [5, 5.41) is 20.2. The lowest BCUT2D eigenvalue weighted by Gasteiger charge is -2.37. The standard InChI is InChI=1S/C14H19F3N4O3/c1-21(2)6-9-13(23)12(22)8(7-24-9)3-19-11-5-18-4-10(20-11)14(15,16)17/h3-5,8-9,12-13,22-23H,6-7H2,1-2H3/t8?,9-,12-,13+/m1/s1. The first-order chi connectivity index (χ1) is 11.2. The summed E-state index contributed by atoms with van der Waals surface area (Å²) >= 11 is 0. The SMILES string of the molecule is CN(C)C[C@H]1OCC(C=Nc2cncc(C(F)(F)F)n2)[C@@H](O)[C@H]1O. The Morgan fingerprint density at radius 2 is 2.04 bits per heavy atom. The molecular weight excluding hydrogens is 329 g/mol. The molecule has 2 heterocycles. The third kappa shape index (κ3) is 4.69. The molecule has 0 aromatic carbocycles. The molecule has 1 aliphatic rings. The first-order valence-corrected chi connectivity index (χ1v) is 7.24. The molecule has 2 N–H and O–H groups in total. The number of likely N-dealkylation sites (N-methyl/N-ethyl adjacent to an activating group) is 1. The normalized spacial score (nSPS) is 28.7. The highest BCUT2D eigenvalue weighted by atomic mass is 19.4. The lowest BCUT2D eigenvalue weighted by molar-refractivity contribution is -0.152. The molecule has 4 atom stereocenters. The molecule has 0 radical (unpaired) electrons. The predicted octanol–water partition coefficient (Wildman–Crippen LogP) is 0.496. The molecule has 0 bridgehead atoms. The fraction of sp³-hybridized carbons (Fsp3) is 0.643. The first-order valence-electron chi connectivity index (χ1n) is 7.24. The van der Waals surface area contributed by atoms with Gasteiger partial charge in [0.2, 0.25) is 0 Å². The number of nitrogens with zero attached hydrogens (tertiary/aromatic N) is 4. The van der Waals surface area contributed by atoms with Crippen LogP contribution in [0.2, 0.25) is 0 Å². The molecule has 0 saturated carbocycles. The van der Waals surface area contributed by atoms with E-state index in [1.165, 1.54) is 6.21 Å². The van der Waals surface area contributed by atoms with Crippen molar-refractivity contribution in [2.75, 3.05) is 27.2 Å². The third-order valence-corrected chi connectivity index (χ3v) is 3.53. The van der Waals surface area contributed by atoms with E-state index in [2.05, 4.69) is 15.0 Å². The fourth-order valence-electron chi connectivity index (χ4n) is 2.28. The van der Waals surface area contributed by atoms with E-state index in [1.807, 2.05) is 19.0 Å². The Balaban J connectivity index is 2.05. The summed E-state index contributed by atoms with van der Waals surface area (Å²) in [6.07, 6.45) is -4.50. The highest BCUT2D eigenvalue weighted by Crippen LogP contribution is 2.28. The quantitative estimate of drug-likeness (QED) is 0.770. The van der Waals surface area contributed by atoms with E-state index in [9.17, 15) is 23.4 Å². The van der Waals surface area contributed by atoms with Gasteiger partial charge in [0.15, 0.2) is 11.5 Å². The van der Waals surface area contributed by atoms with Crippen LogP contribution in [-0.4, -0.2) is 76.9 Å². The van der Waals surface area contributed by atoms with Crippen LogP contribution in [0.5, 0.6) is 0 Å². The van der Waals surface area contributed by atoms with E-state index in [-0.39, 0.29) is 12.4 Å². The van der Waals surface area contributed by atoms with E-state index < -0.39 is 36.1 Å². The molecule has 24 heavy (non-hydrogen) atoms. The van der Waals surface area contributed by atoms with Crippen LogP contribution in [0.25, 0.3) is 0 Å². The zero-order chi connectivity index (χ0) is 17.9. The average Bonchev–Trinajstić information content (AvgIpc) is 2.50. The van der Waals surface area contributed by atoms with Gasteiger partial charge in [0.25, 0.3) is 0 Å². The topological polar surface area (TPSA) is 91.1 Å². The van der Waals surface area contributed by atoms with E-state index in [0.717, 1.165) is 6.20 Å². The van der Waals surface area contributed by atoms with Crippen molar-refractivity contribution in [1.82, 2.24) is 14.9 Å². The lowest BCUT2D eigenvalue weighted by atomic mass is 9.93. The summed E-state index contributed by atoms with van der Waals surface area (Å²) in [4.78, 5) is 12.4. The second-order valence-corrected chi connectivity index (χ2v) is 5.82. The summed E-state index contributed by atoms with van der Waals surface area (Å²) in [6.45, 7) is 0.522. The molecule has 1 aliphatic heterocycles. The summed E-state index contributed by atoms with van der Waals surface area (Å²) < 4.78 is 43.2. The molecule has 1 aromatic rings. The van der Waals surface area contributed by atoms with Gasteiger partial charge in [-0.15, -0.1) is 0 Å². The molecule has 1 unspecified atom stereocenters. The number of aliphatic hydroxyl groups excluding tert-OH is 2. The third-order valence-electron chi connectivity index (χ3n) is 3.53. The summed E-state index contributed by atoms with van der Waals surface area (Å²) in [5.41, 5.74) is -1.15. The zero-order valence-electron chi connectivity index (χ0n) is 13.2. The summed E-state index contributed by atoms with van der Waals surface area (Å²) in [5.74, 6) is -0.892. The van der Waals surface area contributed by atoms with E-state index in [1.54, 1.807) is 0 Å². The van der Waals surface area contributed by atoms with Gasteiger partial charge in [-0.25, -0.2) is 9.98 Å². The van der Waals surface area contributed by atoms with Crippen molar-refractivity contribution in [2.24, 2.45) is 10.9 Å². The van der Waals surface area contributed by atoms with Crippen LogP contribution >= 0.6 is 0 Å². The summed E-state index contributed by atoms with van der Waals surface area (Å²) in [6, 6.07) is 0. The number of rotatable bonds is 4. The Morgan fingerprint density at radius 1 is 1.33 bits per heavy atom. The van der Waals surface area contributed by atoms with Gasteiger partial charge in [-0.05, 0) is 14.1 Å². The highest BCUT2D eigenvalue weighted by molar-refractivity contribution is 5.65. The Hall–Kier alpha value is -1.62. The Kier molecular flexibility index (Phi) is 5.86. The monoisotopic (exact) mass is 348 g/mol. The molecule has 1 saturated heterocycles. The predicted molar refractivity (Wildman–Crippen MR) is 79.0 cm³/mol. The maximum absolute atomic E-state index is 12.6. The molecule has 2 rings (SSSR count). The summed E-state index contributed by atoms with van der Waals surface area (Å²) in [7, 11) is 3.62. The number of aromatic nitrogens is 2. The lowest BCUT2D eigenvalue weighted by Crippen LogP contribution is -2.53. The second kappa shape index (κ2) is 7.51. The van der Waals surface area contributed by atoms with Crippen molar-refractivity contribution in [3.8, 4) is 0 Å². The number of halogens is 3. The minimum Gasteiger partial charge on any atom is -0.390 e. The van der Waals surface area contributed by atoms with Crippen molar-refractivity contribution >= 4 is 12.0 Å². The minimum atomic E-state index is -4.61. The molecule has 0 aliphatic carbocycles. The second-order valence-electron chi connectivity index (χ2n) is 5.82. The van der Waals surface area contributed by atoms with Crippen LogP contribution in [0.1, 0.15) is 5.69 Å². The fourth-order valence-corrected chi connectivity index (χ4v) is 2.28. The smallest absolute Gasteiger partial charge is 0.390 e. The molecule has 134 valence electrons. The minimum absolute atomic E-state index is 0.0899. The van der Waals surface area contributed by atoms with E-state index in [4.69, 9.17) is 4.74 Å². The maximum atomic E-state index is 12.6. The molecule has 1 fully saturated rings. The van der Waals surface area contributed by atoms with Crippen molar-refractivity contribution in [3.63, 3.8) is 0 Å². The molecule has 0 amide bonds. The van der Waals surface area contributed by atoms with Gasteiger partial charge in [0.05, 0.1) is 31.2 Å². The van der Waals surface area contributed by atoms with Gasteiger partial charge in [-0.1, -0.05) is 0 Å². The molecular formula is C14H19F3N4O3. The number of hydrogen-bond acceptors (Lipinski definition) is 7. The Labute approximate surface area is 136 Å². The van der Waals surface area contributed by atoms with Crippen molar-refractivity contribution in [3.05, 3.63) is 18.1 Å². The van der Waals surface area contributed by atoms with Crippen molar-refractivity contribution in [1.29, 1.82) is 0 Å². The van der Waals surface area contributed by atoms with E-state index in [0.29, 0.717) is 12.7 Å². The van der Waals surface area contributed by atoms with Crippen LogP contribution in [0, 0.1) is 5.92 Å². The van der Waals surface area contributed by atoms with Crippen LogP contribution in [-0.2, 0) is 10.9 Å². The molecule has 7 nitrogen and oxygen atoms in total. The van der Waals surface area contributed by atoms with Crippen molar-refractivity contribution in [2.45, 2.75) is 24.5 Å². The first kappa shape index (κ1) is 18.7. The van der Waals surface area contributed by atoms with Gasteiger partial charge < -0.3 is 19.8 Å². The number of aliphatic imine (C=N–C) groups is 1. The van der Waals surface area contributed by atoms with Crippen LogP contribution in [0.4, 0.5) is 19.0 Å². The van der Waals surface area contributed by atoms with Gasteiger partial charge in [0, 0.05) is 18.7 Å². The van der Waals surface area contributed by atoms with Crippen LogP contribution in [0.3, 0.4) is 0 Å². The molecule has 0 spiro atoms. The number of hydrogen-bond donors (Lipinski definition) is 2. The van der Waals surface area contributed by atoms with Crippen molar-refractivity contribution < 1.29 is 28.1 Å². The Morgan fingerprint density at radius 3 is 2.67 bits per heavy atom. The highest BCUT2D eigenvalue weighted by Gasteiger charge is 2.38. The average molecular weight is 348 g/mol. The van der Waals surface area contributed by atoms with Gasteiger partial charge in [-0.2, -0.15) is 13.2 Å². The molecule has 1 aromatic heterocycles. The maximum Gasteiger partial charge on any atom is 0.434 e. The zero-order valence-corrected chi connectivity index (χ0v) is 13.2. The largest absolute Gasteiger partial charge is 0.434 e. The molecule has 10 heteroatoms. The Bertz CT molecular complexity index is 583. The van der Waals surface area contributed by atoms with Gasteiger partial charge >= 0.3 is 6.18 Å².